The Morgan fingerprint density at radius 1 is 1.53 bits per heavy atom. The molecule has 17 heavy (non-hydrogen) atoms. The highest BCUT2D eigenvalue weighted by Crippen LogP contribution is 2.26. The number of aromatic nitrogens is 1. The molecule has 2 unspecified atom stereocenters. The number of aliphatic hydroxyl groups is 1. The molecule has 0 amide bonds. The minimum absolute atomic E-state index is 0.235. The first kappa shape index (κ1) is 12.3. The molecule has 2 rings (SSSR count). The lowest BCUT2D eigenvalue weighted by Crippen LogP contribution is -2.38. The van der Waals surface area contributed by atoms with E-state index in [9.17, 15) is 5.11 Å². The van der Waals surface area contributed by atoms with Gasteiger partial charge in [0.1, 0.15) is 5.82 Å². The highest BCUT2D eigenvalue weighted by Gasteiger charge is 2.32. The smallest absolute Gasteiger partial charge is 0.131 e. The number of aliphatic hydroxyl groups excluding tert-OH is 1. The SMILES string of the molecule is Cc1cccnc1N1CC(O)CC1CN(C)C. The highest BCUT2D eigenvalue weighted by molar-refractivity contribution is 5.48. The fourth-order valence-corrected chi connectivity index (χ4v) is 2.52. The van der Waals surface area contributed by atoms with Gasteiger partial charge in [-0.2, -0.15) is 0 Å². The van der Waals surface area contributed by atoms with E-state index in [1.807, 2.05) is 12.3 Å². The van der Waals surface area contributed by atoms with E-state index in [4.69, 9.17) is 0 Å². The second kappa shape index (κ2) is 5.02. The molecule has 0 aliphatic carbocycles. The standard InChI is InChI=1S/C13H21N3O/c1-10-5-4-6-14-13(10)16-9-12(17)7-11(16)8-15(2)3/h4-6,11-12,17H,7-9H2,1-3H3. The largest absolute Gasteiger partial charge is 0.391 e. The molecule has 0 bridgehead atoms. The molecule has 0 spiro atoms. The minimum atomic E-state index is -0.235. The number of likely N-dealkylation sites (N-methyl/N-ethyl adjacent to an activating group) is 1. The van der Waals surface area contributed by atoms with Crippen LogP contribution in [0.1, 0.15) is 12.0 Å². The van der Waals surface area contributed by atoms with Gasteiger partial charge in [0.25, 0.3) is 0 Å². The summed E-state index contributed by atoms with van der Waals surface area (Å²) in [6, 6.07) is 4.38. The number of hydrogen-bond acceptors (Lipinski definition) is 4. The van der Waals surface area contributed by atoms with Gasteiger partial charge in [0.15, 0.2) is 0 Å². The third-order valence-corrected chi connectivity index (χ3v) is 3.22. The summed E-state index contributed by atoms with van der Waals surface area (Å²) >= 11 is 0. The molecule has 94 valence electrons. The molecule has 1 fully saturated rings. The van der Waals surface area contributed by atoms with Gasteiger partial charge >= 0.3 is 0 Å². The van der Waals surface area contributed by atoms with E-state index in [2.05, 4.69) is 41.9 Å². The third-order valence-electron chi connectivity index (χ3n) is 3.22. The topological polar surface area (TPSA) is 39.6 Å². The van der Waals surface area contributed by atoms with Crippen LogP contribution in [0.15, 0.2) is 18.3 Å². The zero-order chi connectivity index (χ0) is 12.4. The Morgan fingerprint density at radius 3 is 2.94 bits per heavy atom. The Bertz CT molecular complexity index is 381. The Balaban J connectivity index is 2.21. The molecule has 2 atom stereocenters. The van der Waals surface area contributed by atoms with Crippen molar-refractivity contribution in [2.24, 2.45) is 0 Å². The molecule has 2 heterocycles. The monoisotopic (exact) mass is 235 g/mol. The van der Waals surface area contributed by atoms with Crippen LogP contribution in [0, 0.1) is 6.92 Å². The molecule has 0 radical (unpaired) electrons. The molecule has 1 saturated heterocycles. The van der Waals surface area contributed by atoms with Crippen molar-refractivity contribution >= 4 is 5.82 Å². The van der Waals surface area contributed by atoms with Crippen molar-refractivity contribution in [3.8, 4) is 0 Å². The summed E-state index contributed by atoms with van der Waals surface area (Å²) in [4.78, 5) is 8.85. The molecule has 0 aromatic carbocycles. The van der Waals surface area contributed by atoms with E-state index in [1.165, 1.54) is 5.56 Å². The van der Waals surface area contributed by atoms with Crippen molar-refractivity contribution < 1.29 is 5.11 Å². The van der Waals surface area contributed by atoms with Crippen molar-refractivity contribution in [2.75, 3.05) is 32.1 Å². The Labute approximate surface area is 103 Å². The molecule has 1 aliphatic rings. The Morgan fingerprint density at radius 2 is 2.29 bits per heavy atom. The molecule has 1 aliphatic heterocycles. The summed E-state index contributed by atoms with van der Waals surface area (Å²) in [5.74, 6) is 1.01. The van der Waals surface area contributed by atoms with Crippen LogP contribution < -0.4 is 4.90 Å². The summed E-state index contributed by atoms with van der Waals surface area (Å²) in [7, 11) is 4.13. The quantitative estimate of drug-likeness (QED) is 0.844. The maximum absolute atomic E-state index is 9.85. The molecular weight excluding hydrogens is 214 g/mol. The van der Waals surface area contributed by atoms with Crippen LogP contribution in [0.5, 0.6) is 0 Å². The fraction of sp³-hybridized carbons (Fsp3) is 0.615. The van der Waals surface area contributed by atoms with Gasteiger partial charge in [-0.25, -0.2) is 4.98 Å². The normalized spacial score (nSPS) is 24.6. The fourth-order valence-electron chi connectivity index (χ4n) is 2.52. The maximum Gasteiger partial charge on any atom is 0.131 e. The number of β-amino-alcohol motifs (C(OH)–C–C–N with tert-alkyl or cyclic N) is 1. The van der Waals surface area contributed by atoms with Gasteiger partial charge in [0.2, 0.25) is 0 Å². The van der Waals surface area contributed by atoms with E-state index in [0.717, 1.165) is 18.8 Å². The van der Waals surface area contributed by atoms with Gasteiger partial charge in [-0.3, -0.25) is 0 Å². The summed E-state index contributed by atoms with van der Waals surface area (Å²) < 4.78 is 0. The highest BCUT2D eigenvalue weighted by atomic mass is 16.3. The first-order valence-corrected chi connectivity index (χ1v) is 6.09. The lowest BCUT2D eigenvalue weighted by atomic mass is 10.2. The lowest BCUT2D eigenvalue weighted by molar-refractivity contribution is 0.191. The van der Waals surface area contributed by atoms with Crippen LogP contribution in [0.4, 0.5) is 5.82 Å². The van der Waals surface area contributed by atoms with E-state index < -0.39 is 0 Å². The average Bonchev–Trinajstić information content (AvgIpc) is 2.59. The van der Waals surface area contributed by atoms with Gasteiger partial charge in [-0.1, -0.05) is 6.07 Å². The van der Waals surface area contributed by atoms with Crippen molar-refractivity contribution in [2.45, 2.75) is 25.5 Å². The van der Waals surface area contributed by atoms with E-state index >= 15 is 0 Å². The van der Waals surface area contributed by atoms with Crippen LogP contribution in [-0.4, -0.2) is 54.3 Å². The van der Waals surface area contributed by atoms with Crippen molar-refractivity contribution in [3.63, 3.8) is 0 Å². The molecule has 1 aromatic heterocycles. The zero-order valence-electron chi connectivity index (χ0n) is 10.8. The summed E-state index contributed by atoms with van der Waals surface area (Å²) in [5, 5.41) is 9.85. The summed E-state index contributed by atoms with van der Waals surface area (Å²) in [6.07, 6.45) is 2.41. The number of hydrogen-bond donors (Lipinski definition) is 1. The number of aryl methyl sites for hydroxylation is 1. The maximum atomic E-state index is 9.85. The third kappa shape index (κ3) is 2.76. The van der Waals surface area contributed by atoms with Crippen LogP contribution in [0.2, 0.25) is 0 Å². The predicted octanol–water partition coefficient (Wildman–Crippen LogP) is 0.891. The van der Waals surface area contributed by atoms with Crippen LogP contribution in [0.25, 0.3) is 0 Å². The minimum Gasteiger partial charge on any atom is -0.391 e. The second-order valence-electron chi connectivity index (χ2n) is 5.10. The molecular formula is C13H21N3O. The number of pyridine rings is 1. The first-order chi connectivity index (χ1) is 8.08. The molecule has 0 saturated carbocycles. The summed E-state index contributed by atoms with van der Waals surface area (Å²) in [6.45, 7) is 3.71. The first-order valence-electron chi connectivity index (χ1n) is 6.09. The Hall–Kier alpha value is -1.13. The Kier molecular flexibility index (Phi) is 3.64. The van der Waals surface area contributed by atoms with Gasteiger partial charge in [0.05, 0.1) is 6.10 Å². The number of anilines is 1. The van der Waals surface area contributed by atoms with Gasteiger partial charge in [-0.05, 0) is 39.1 Å². The second-order valence-corrected chi connectivity index (χ2v) is 5.10. The molecule has 4 heteroatoms. The molecule has 1 aromatic rings. The zero-order valence-corrected chi connectivity index (χ0v) is 10.8. The number of nitrogens with zero attached hydrogens (tertiary/aromatic N) is 3. The predicted molar refractivity (Wildman–Crippen MR) is 69.3 cm³/mol. The number of rotatable bonds is 3. The molecule has 1 N–H and O–H groups in total. The van der Waals surface area contributed by atoms with Gasteiger partial charge in [-0.15, -0.1) is 0 Å². The average molecular weight is 235 g/mol. The molecule has 4 nitrogen and oxygen atoms in total. The van der Waals surface area contributed by atoms with Crippen molar-refractivity contribution in [3.05, 3.63) is 23.9 Å². The lowest BCUT2D eigenvalue weighted by Gasteiger charge is -2.28. The summed E-state index contributed by atoms with van der Waals surface area (Å²) in [5.41, 5.74) is 1.17. The van der Waals surface area contributed by atoms with Crippen LogP contribution in [0.3, 0.4) is 0 Å². The van der Waals surface area contributed by atoms with Crippen LogP contribution in [-0.2, 0) is 0 Å². The van der Waals surface area contributed by atoms with E-state index in [1.54, 1.807) is 0 Å². The van der Waals surface area contributed by atoms with Crippen molar-refractivity contribution in [1.29, 1.82) is 0 Å². The van der Waals surface area contributed by atoms with E-state index in [0.29, 0.717) is 12.6 Å². The van der Waals surface area contributed by atoms with E-state index in [-0.39, 0.29) is 6.10 Å². The van der Waals surface area contributed by atoms with Gasteiger partial charge in [0, 0.05) is 25.3 Å². The van der Waals surface area contributed by atoms with Crippen molar-refractivity contribution in [1.82, 2.24) is 9.88 Å². The van der Waals surface area contributed by atoms with Crippen LogP contribution >= 0.6 is 0 Å². The van der Waals surface area contributed by atoms with Gasteiger partial charge < -0.3 is 14.9 Å².